The molecule has 1 N–H and O–H groups in total. The van der Waals surface area contributed by atoms with E-state index in [0.29, 0.717) is 0 Å². The molecule has 0 saturated carbocycles. The zero-order valence-corrected chi connectivity index (χ0v) is 11.9. The van der Waals surface area contributed by atoms with Gasteiger partial charge in [0.1, 0.15) is 0 Å². The van der Waals surface area contributed by atoms with Crippen LogP contribution in [0.25, 0.3) is 0 Å². The summed E-state index contributed by atoms with van der Waals surface area (Å²) in [7, 11) is -2.12. The van der Waals surface area contributed by atoms with Crippen LogP contribution >= 0.6 is 0 Å². The third kappa shape index (κ3) is 5.85. The van der Waals surface area contributed by atoms with Crippen LogP contribution in [0.5, 0.6) is 0 Å². The highest BCUT2D eigenvalue weighted by Crippen LogP contribution is 2.16. The Morgan fingerprint density at radius 2 is 1.95 bits per heavy atom. The maximum Gasteiger partial charge on any atom is 0.306 e. The van der Waals surface area contributed by atoms with Crippen LogP contribution in [-0.2, 0) is 19.6 Å². The van der Waals surface area contributed by atoms with Crippen molar-refractivity contribution in [3.8, 4) is 0 Å². The van der Waals surface area contributed by atoms with E-state index < -0.39 is 16.0 Å². The molecule has 106 valence electrons. The number of carbonyl (C=O) groups excluding carboxylic acids is 1. The minimum atomic E-state index is -3.39. The van der Waals surface area contributed by atoms with E-state index in [1.165, 1.54) is 7.11 Å². The van der Waals surface area contributed by atoms with Gasteiger partial charge in [0.25, 0.3) is 0 Å². The highest BCUT2D eigenvalue weighted by molar-refractivity contribution is 7.89. The maximum absolute atomic E-state index is 11.8. The fraction of sp³-hybridized carbons (Fsp3) is 0.462. The van der Waals surface area contributed by atoms with E-state index in [9.17, 15) is 13.2 Å². The summed E-state index contributed by atoms with van der Waals surface area (Å²) in [4.78, 5) is 10.9. The highest BCUT2D eigenvalue weighted by atomic mass is 32.2. The third-order valence-electron chi connectivity index (χ3n) is 2.72. The van der Waals surface area contributed by atoms with Crippen molar-refractivity contribution < 1.29 is 17.9 Å². The predicted octanol–water partition coefficient (Wildman–Crippen LogP) is 1.27. The van der Waals surface area contributed by atoms with Gasteiger partial charge in [-0.1, -0.05) is 37.3 Å². The average molecular weight is 285 g/mol. The van der Waals surface area contributed by atoms with Crippen LogP contribution in [0.3, 0.4) is 0 Å². The first-order chi connectivity index (χ1) is 8.94. The fourth-order valence-electron chi connectivity index (χ4n) is 1.68. The molecular weight excluding hydrogens is 266 g/mol. The molecule has 0 bridgehead atoms. The summed E-state index contributed by atoms with van der Waals surface area (Å²) in [6.45, 7) is 1.92. The summed E-state index contributed by atoms with van der Waals surface area (Å²) in [5, 5.41) is 0. The van der Waals surface area contributed by atoms with E-state index >= 15 is 0 Å². The van der Waals surface area contributed by atoms with E-state index in [0.717, 1.165) is 5.56 Å². The molecule has 5 nitrogen and oxygen atoms in total. The summed E-state index contributed by atoms with van der Waals surface area (Å²) in [5.41, 5.74) is 0.973. The fourth-order valence-corrected chi connectivity index (χ4v) is 3.06. The molecule has 0 aromatic heterocycles. The molecule has 19 heavy (non-hydrogen) atoms. The second kappa shape index (κ2) is 7.25. The molecule has 0 radical (unpaired) electrons. The van der Waals surface area contributed by atoms with Crippen molar-refractivity contribution >= 4 is 16.0 Å². The van der Waals surface area contributed by atoms with Crippen molar-refractivity contribution in [2.24, 2.45) is 0 Å². The molecule has 0 aliphatic heterocycles. The number of sulfonamides is 1. The molecule has 0 aliphatic rings. The standard InChI is InChI=1S/C13H19NO4S/c1-11(12-6-4-3-5-7-12)10-19(16,17)14-9-8-13(15)18-2/h3-7,11,14H,8-10H2,1-2H3. The Morgan fingerprint density at radius 1 is 1.32 bits per heavy atom. The van der Waals surface area contributed by atoms with Gasteiger partial charge in [-0.25, -0.2) is 13.1 Å². The molecule has 1 aromatic rings. The molecule has 1 rings (SSSR count). The number of nitrogens with one attached hydrogen (secondary N) is 1. The van der Waals surface area contributed by atoms with Crippen molar-refractivity contribution in [3.63, 3.8) is 0 Å². The molecule has 0 aliphatic carbocycles. The Balaban J connectivity index is 2.48. The minimum Gasteiger partial charge on any atom is -0.469 e. The van der Waals surface area contributed by atoms with Gasteiger partial charge >= 0.3 is 5.97 Å². The Kier molecular flexibility index (Phi) is 5.98. The van der Waals surface area contributed by atoms with Gasteiger partial charge < -0.3 is 4.74 Å². The molecule has 6 heteroatoms. The number of methoxy groups -OCH3 is 1. The SMILES string of the molecule is COC(=O)CCNS(=O)(=O)CC(C)c1ccccc1. The quantitative estimate of drug-likeness (QED) is 0.766. The van der Waals surface area contributed by atoms with Crippen LogP contribution in [-0.4, -0.2) is 33.8 Å². The van der Waals surface area contributed by atoms with Crippen LogP contribution in [0.15, 0.2) is 30.3 Å². The van der Waals surface area contributed by atoms with Crippen LogP contribution < -0.4 is 4.72 Å². The summed E-state index contributed by atoms with van der Waals surface area (Å²) in [6.07, 6.45) is 0.0372. The van der Waals surface area contributed by atoms with Crippen molar-refractivity contribution in [1.82, 2.24) is 4.72 Å². The molecule has 1 atom stereocenters. The Bertz CT molecular complexity index is 499. The Morgan fingerprint density at radius 3 is 2.53 bits per heavy atom. The van der Waals surface area contributed by atoms with E-state index in [4.69, 9.17) is 0 Å². The van der Waals surface area contributed by atoms with Crippen LogP contribution in [0.2, 0.25) is 0 Å². The number of rotatable bonds is 7. The molecule has 0 amide bonds. The van der Waals surface area contributed by atoms with E-state index in [2.05, 4.69) is 9.46 Å². The number of esters is 1. The van der Waals surface area contributed by atoms with Gasteiger partial charge in [0, 0.05) is 6.54 Å². The molecule has 1 aromatic carbocycles. The topological polar surface area (TPSA) is 72.5 Å². The predicted molar refractivity (Wildman–Crippen MR) is 73.3 cm³/mol. The van der Waals surface area contributed by atoms with Crippen LogP contribution in [0.4, 0.5) is 0 Å². The number of hydrogen-bond acceptors (Lipinski definition) is 4. The number of benzene rings is 1. The van der Waals surface area contributed by atoms with Gasteiger partial charge in [-0.15, -0.1) is 0 Å². The smallest absolute Gasteiger partial charge is 0.306 e. The minimum absolute atomic E-state index is 0.00180. The van der Waals surface area contributed by atoms with E-state index in [1.54, 1.807) is 0 Å². The molecule has 0 heterocycles. The monoisotopic (exact) mass is 285 g/mol. The van der Waals surface area contributed by atoms with Gasteiger partial charge in [-0.3, -0.25) is 4.79 Å². The molecule has 0 fully saturated rings. The average Bonchev–Trinajstić information content (AvgIpc) is 2.38. The molecular formula is C13H19NO4S. The highest BCUT2D eigenvalue weighted by Gasteiger charge is 2.16. The van der Waals surface area contributed by atoms with Gasteiger partial charge in [0.2, 0.25) is 10.0 Å². The largest absolute Gasteiger partial charge is 0.469 e. The lowest BCUT2D eigenvalue weighted by Crippen LogP contribution is -2.30. The van der Waals surface area contributed by atoms with Crippen LogP contribution in [0.1, 0.15) is 24.8 Å². The van der Waals surface area contributed by atoms with Crippen molar-refractivity contribution in [3.05, 3.63) is 35.9 Å². The normalized spacial score (nSPS) is 12.9. The first-order valence-corrected chi connectivity index (χ1v) is 7.69. The first-order valence-electron chi connectivity index (χ1n) is 6.03. The molecule has 0 saturated heterocycles. The molecule has 0 spiro atoms. The number of hydrogen-bond donors (Lipinski definition) is 1. The third-order valence-corrected chi connectivity index (χ3v) is 4.30. The van der Waals surface area contributed by atoms with Crippen LogP contribution in [0, 0.1) is 0 Å². The molecule has 1 unspecified atom stereocenters. The van der Waals surface area contributed by atoms with Crippen molar-refractivity contribution in [2.45, 2.75) is 19.3 Å². The Hall–Kier alpha value is -1.40. The lowest BCUT2D eigenvalue weighted by molar-refractivity contribution is -0.140. The maximum atomic E-state index is 11.8. The summed E-state index contributed by atoms with van der Waals surface area (Å²) in [5.74, 6) is -0.534. The lowest BCUT2D eigenvalue weighted by atomic mass is 10.0. The van der Waals surface area contributed by atoms with Gasteiger partial charge in [-0.2, -0.15) is 0 Å². The van der Waals surface area contributed by atoms with Gasteiger partial charge in [0.05, 0.1) is 19.3 Å². The number of carbonyl (C=O) groups is 1. The second-order valence-corrected chi connectivity index (χ2v) is 6.17. The zero-order chi connectivity index (χ0) is 14.3. The zero-order valence-electron chi connectivity index (χ0n) is 11.1. The summed E-state index contributed by atoms with van der Waals surface area (Å²) < 4.78 is 30.5. The van der Waals surface area contributed by atoms with Gasteiger partial charge in [-0.05, 0) is 11.5 Å². The van der Waals surface area contributed by atoms with E-state index in [1.807, 2.05) is 37.3 Å². The lowest BCUT2D eigenvalue weighted by Gasteiger charge is -2.12. The number of ether oxygens (including phenoxy) is 1. The second-order valence-electron chi connectivity index (χ2n) is 4.31. The van der Waals surface area contributed by atoms with E-state index in [-0.39, 0.29) is 24.6 Å². The Labute approximate surface area is 114 Å². The van der Waals surface area contributed by atoms with Crippen molar-refractivity contribution in [1.29, 1.82) is 0 Å². The van der Waals surface area contributed by atoms with Gasteiger partial charge in [0.15, 0.2) is 0 Å². The first kappa shape index (κ1) is 15.7. The van der Waals surface area contributed by atoms with Crippen molar-refractivity contribution in [2.75, 3.05) is 19.4 Å². The summed E-state index contributed by atoms with van der Waals surface area (Å²) in [6, 6.07) is 9.44. The summed E-state index contributed by atoms with van der Waals surface area (Å²) >= 11 is 0.